The first-order chi connectivity index (χ1) is 10.1. The van der Waals surface area contributed by atoms with Gasteiger partial charge in [0.1, 0.15) is 17.7 Å². The Labute approximate surface area is 128 Å². The summed E-state index contributed by atoms with van der Waals surface area (Å²) < 4.78 is 25.5. The van der Waals surface area contributed by atoms with E-state index in [1.165, 1.54) is 12.1 Å². The van der Waals surface area contributed by atoms with Crippen molar-refractivity contribution in [3.63, 3.8) is 0 Å². The number of ether oxygens (including phenoxy) is 2. The zero-order valence-electron chi connectivity index (χ0n) is 12.2. The van der Waals surface area contributed by atoms with Crippen molar-refractivity contribution in [3.05, 3.63) is 29.6 Å². The van der Waals surface area contributed by atoms with E-state index in [0.29, 0.717) is 17.9 Å². The van der Waals surface area contributed by atoms with Gasteiger partial charge in [0.05, 0.1) is 18.3 Å². The van der Waals surface area contributed by atoms with Crippen molar-refractivity contribution in [2.24, 2.45) is 0 Å². The van der Waals surface area contributed by atoms with E-state index in [1.54, 1.807) is 13.0 Å². The molecule has 1 N–H and O–H groups in total. The van der Waals surface area contributed by atoms with E-state index < -0.39 is 6.10 Å². The number of benzene rings is 1. The van der Waals surface area contributed by atoms with Gasteiger partial charge in [0.2, 0.25) is 0 Å². The first kappa shape index (κ1) is 15.1. The van der Waals surface area contributed by atoms with Crippen LogP contribution < -0.4 is 4.74 Å². The fourth-order valence-electron chi connectivity index (χ4n) is 3.08. The van der Waals surface area contributed by atoms with Crippen molar-refractivity contribution in [3.8, 4) is 5.75 Å². The molecule has 5 heteroatoms. The van der Waals surface area contributed by atoms with Crippen molar-refractivity contribution in [1.82, 2.24) is 0 Å². The third-order valence-electron chi connectivity index (χ3n) is 4.23. The molecule has 21 heavy (non-hydrogen) atoms. The molecule has 0 amide bonds. The molecule has 1 aromatic rings. The lowest BCUT2D eigenvalue weighted by Crippen LogP contribution is -2.43. The highest BCUT2D eigenvalue weighted by Crippen LogP contribution is 2.40. The summed E-state index contributed by atoms with van der Waals surface area (Å²) in [6.07, 6.45) is 2.07. The van der Waals surface area contributed by atoms with Gasteiger partial charge in [-0.3, -0.25) is 0 Å². The zero-order chi connectivity index (χ0) is 14.9. The van der Waals surface area contributed by atoms with Crippen molar-refractivity contribution in [2.45, 2.75) is 44.0 Å². The molecule has 2 aliphatic rings. The van der Waals surface area contributed by atoms with Gasteiger partial charge in [-0.05, 0) is 31.2 Å². The van der Waals surface area contributed by atoms with E-state index in [2.05, 4.69) is 0 Å². The van der Waals surface area contributed by atoms with E-state index in [1.807, 2.05) is 11.8 Å². The van der Waals surface area contributed by atoms with Crippen LogP contribution in [0.4, 0.5) is 4.39 Å². The van der Waals surface area contributed by atoms with Crippen LogP contribution in [0, 0.1) is 5.82 Å². The molecule has 2 saturated heterocycles. The number of aliphatic hydroxyl groups excluding tert-OH is 1. The molecule has 0 radical (unpaired) electrons. The van der Waals surface area contributed by atoms with E-state index in [9.17, 15) is 9.50 Å². The molecule has 3 atom stereocenters. The zero-order valence-corrected chi connectivity index (χ0v) is 13.0. The second-order valence-corrected chi connectivity index (χ2v) is 7.03. The summed E-state index contributed by atoms with van der Waals surface area (Å²) in [6.45, 7) is 2.35. The number of rotatable bonds is 3. The molecular formula is C16H21FO3S. The molecule has 116 valence electrons. The van der Waals surface area contributed by atoms with Crippen LogP contribution >= 0.6 is 11.8 Å². The number of aliphatic hydroxyl groups is 1. The fraction of sp³-hybridized carbons (Fsp3) is 0.625. The molecule has 3 nitrogen and oxygen atoms in total. The molecular weight excluding hydrogens is 291 g/mol. The van der Waals surface area contributed by atoms with Crippen LogP contribution in [-0.2, 0) is 4.74 Å². The van der Waals surface area contributed by atoms with Gasteiger partial charge in [0.15, 0.2) is 0 Å². The van der Waals surface area contributed by atoms with Crippen molar-refractivity contribution >= 4 is 11.8 Å². The quantitative estimate of drug-likeness (QED) is 0.929. The van der Waals surface area contributed by atoms with Crippen LogP contribution in [0.3, 0.4) is 0 Å². The van der Waals surface area contributed by atoms with Crippen LogP contribution in [0.25, 0.3) is 0 Å². The monoisotopic (exact) mass is 312 g/mol. The van der Waals surface area contributed by atoms with Gasteiger partial charge < -0.3 is 14.6 Å². The molecule has 1 aromatic carbocycles. The molecule has 0 aromatic heterocycles. The first-order valence-corrected chi connectivity index (χ1v) is 8.59. The van der Waals surface area contributed by atoms with Crippen molar-refractivity contribution in [1.29, 1.82) is 0 Å². The standard InChI is InChI=1S/C16H21FO3S/c1-11(18)14-3-2-12(17)8-15(14)20-13-4-6-19-16(9-13)5-7-21-10-16/h2-3,8,11,13,18H,4-7,9-10H2,1H3/t11-,13?,16?/m1/s1. The smallest absolute Gasteiger partial charge is 0.128 e. The van der Waals surface area contributed by atoms with Crippen LogP contribution in [0.5, 0.6) is 5.75 Å². The molecule has 2 unspecified atom stereocenters. The molecule has 0 bridgehead atoms. The van der Waals surface area contributed by atoms with E-state index >= 15 is 0 Å². The summed E-state index contributed by atoms with van der Waals surface area (Å²) in [5.74, 6) is 2.26. The summed E-state index contributed by atoms with van der Waals surface area (Å²) in [7, 11) is 0. The molecule has 0 saturated carbocycles. The number of thioether (sulfide) groups is 1. The Balaban J connectivity index is 1.75. The van der Waals surface area contributed by atoms with E-state index in [0.717, 1.165) is 30.8 Å². The molecule has 2 aliphatic heterocycles. The fourth-order valence-corrected chi connectivity index (χ4v) is 4.46. The van der Waals surface area contributed by atoms with Gasteiger partial charge in [-0.15, -0.1) is 0 Å². The third kappa shape index (κ3) is 3.35. The Morgan fingerprint density at radius 1 is 1.52 bits per heavy atom. The highest BCUT2D eigenvalue weighted by Gasteiger charge is 2.41. The first-order valence-electron chi connectivity index (χ1n) is 7.44. The van der Waals surface area contributed by atoms with Crippen molar-refractivity contribution < 1.29 is 19.0 Å². The Bertz CT molecular complexity index is 500. The summed E-state index contributed by atoms with van der Waals surface area (Å²) in [4.78, 5) is 0. The molecule has 3 rings (SSSR count). The minimum Gasteiger partial charge on any atom is -0.490 e. The molecule has 0 aliphatic carbocycles. The summed E-state index contributed by atoms with van der Waals surface area (Å²) in [5, 5.41) is 9.80. The highest BCUT2D eigenvalue weighted by molar-refractivity contribution is 7.99. The molecule has 2 heterocycles. The number of hydrogen-bond acceptors (Lipinski definition) is 4. The predicted octanol–water partition coefficient (Wildman–Crippen LogP) is 3.31. The number of hydrogen-bond donors (Lipinski definition) is 1. The van der Waals surface area contributed by atoms with Gasteiger partial charge in [-0.1, -0.05) is 0 Å². The van der Waals surface area contributed by atoms with Crippen LogP contribution in [0.2, 0.25) is 0 Å². The normalized spacial score (nSPS) is 30.5. The second-order valence-electron chi connectivity index (χ2n) is 5.92. The average Bonchev–Trinajstić information content (AvgIpc) is 2.86. The highest BCUT2D eigenvalue weighted by atomic mass is 32.2. The Morgan fingerprint density at radius 2 is 2.38 bits per heavy atom. The maximum Gasteiger partial charge on any atom is 0.128 e. The topological polar surface area (TPSA) is 38.7 Å². The van der Waals surface area contributed by atoms with Crippen LogP contribution in [-0.4, -0.2) is 34.9 Å². The van der Waals surface area contributed by atoms with Gasteiger partial charge >= 0.3 is 0 Å². The van der Waals surface area contributed by atoms with E-state index in [-0.39, 0.29) is 17.5 Å². The minimum absolute atomic E-state index is 0.0248. The summed E-state index contributed by atoms with van der Waals surface area (Å²) >= 11 is 1.92. The number of halogens is 1. The summed E-state index contributed by atoms with van der Waals surface area (Å²) in [6, 6.07) is 4.32. The summed E-state index contributed by atoms with van der Waals surface area (Å²) in [5.41, 5.74) is 0.573. The average molecular weight is 312 g/mol. The Kier molecular flexibility index (Phi) is 4.43. The predicted molar refractivity (Wildman–Crippen MR) is 81.3 cm³/mol. The Hall–Kier alpha value is -0.780. The van der Waals surface area contributed by atoms with E-state index in [4.69, 9.17) is 9.47 Å². The maximum absolute atomic E-state index is 13.5. The molecule has 2 fully saturated rings. The lowest BCUT2D eigenvalue weighted by Gasteiger charge is -2.38. The maximum atomic E-state index is 13.5. The van der Waals surface area contributed by atoms with Crippen LogP contribution in [0.1, 0.15) is 37.9 Å². The van der Waals surface area contributed by atoms with Gasteiger partial charge in [0, 0.05) is 30.2 Å². The van der Waals surface area contributed by atoms with Crippen molar-refractivity contribution in [2.75, 3.05) is 18.1 Å². The van der Waals surface area contributed by atoms with Gasteiger partial charge in [-0.2, -0.15) is 11.8 Å². The Morgan fingerprint density at radius 3 is 3.10 bits per heavy atom. The largest absolute Gasteiger partial charge is 0.490 e. The second kappa shape index (κ2) is 6.15. The van der Waals surface area contributed by atoms with Gasteiger partial charge in [0.25, 0.3) is 0 Å². The van der Waals surface area contributed by atoms with Crippen LogP contribution in [0.15, 0.2) is 18.2 Å². The SMILES string of the molecule is C[C@@H](O)c1ccc(F)cc1OC1CCOC2(CCSC2)C1. The third-order valence-corrected chi connectivity index (χ3v) is 5.46. The lowest BCUT2D eigenvalue weighted by molar-refractivity contribution is -0.0962. The lowest BCUT2D eigenvalue weighted by atomic mass is 9.91. The molecule has 1 spiro atoms. The minimum atomic E-state index is -0.670. The van der Waals surface area contributed by atoms with Gasteiger partial charge in [-0.25, -0.2) is 4.39 Å².